The third-order valence-electron chi connectivity index (χ3n) is 2.30. The van der Waals surface area contributed by atoms with E-state index in [0.717, 1.165) is 5.56 Å². The Morgan fingerprint density at radius 1 is 1.25 bits per heavy atom. The van der Waals surface area contributed by atoms with Crippen LogP contribution in [0.2, 0.25) is 0 Å². The van der Waals surface area contributed by atoms with Crippen molar-refractivity contribution in [3.05, 3.63) is 42.0 Å². The van der Waals surface area contributed by atoms with Gasteiger partial charge in [-0.2, -0.15) is 0 Å². The van der Waals surface area contributed by atoms with Gasteiger partial charge in [0, 0.05) is 0 Å². The summed E-state index contributed by atoms with van der Waals surface area (Å²) in [5, 5.41) is 8.97. The van der Waals surface area contributed by atoms with Crippen LogP contribution in [0.5, 0.6) is 0 Å². The van der Waals surface area contributed by atoms with Gasteiger partial charge < -0.3 is 5.11 Å². The molecule has 3 heteroatoms. The molecule has 1 aromatic carbocycles. The van der Waals surface area contributed by atoms with Crippen molar-refractivity contribution in [2.24, 2.45) is 11.8 Å². The molecule has 1 unspecified atom stereocenters. The second kappa shape index (κ2) is 7.07. The van der Waals surface area contributed by atoms with E-state index in [1.807, 2.05) is 50.3 Å². The maximum absolute atomic E-state index is 10.9. The molecule has 0 spiro atoms. The van der Waals surface area contributed by atoms with Crippen molar-refractivity contribution >= 4 is 24.5 Å². The van der Waals surface area contributed by atoms with Gasteiger partial charge in [0.05, 0.1) is 5.92 Å². The number of benzene rings is 1. The highest BCUT2D eigenvalue weighted by atomic mass is 35.5. The van der Waals surface area contributed by atoms with E-state index in [0.29, 0.717) is 0 Å². The summed E-state index contributed by atoms with van der Waals surface area (Å²) >= 11 is 0. The smallest absolute Gasteiger partial charge is 0.310 e. The van der Waals surface area contributed by atoms with Gasteiger partial charge in [0.1, 0.15) is 0 Å². The SMILES string of the molecule is CC(C)C(C=Cc1ccccc1)C(=O)O.Cl. The molecule has 0 fully saturated rings. The molecule has 1 rings (SSSR count). The zero-order valence-electron chi connectivity index (χ0n) is 9.46. The van der Waals surface area contributed by atoms with Gasteiger partial charge in [-0.25, -0.2) is 0 Å². The summed E-state index contributed by atoms with van der Waals surface area (Å²) < 4.78 is 0. The van der Waals surface area contributed by atoms with Crippen LogP contribution in [0.15, 0.2) is 36.4 Å². The molecule has 0 bridgehead atoms. The fourth-order valence-electron chi connectivity index (χ4n) is 1.37. The van der Waals surface area contributed by atoms with Crippen LogP contribution < -0.4 is 0 Å². The van der Waals surface area contributed by atoms with Gasteiger partial charge in [-0.15, -0.1) is 12.4 Å². The van der Waals surface area contributed by atoms with E-state index in [-0.39, 0.29) is 18.3 Å². The first-order valence-electron chi connectivity index (χ1n) is 5.07. The topological polar surface area (TPSA) is 37.3 Å². The van der Waals surface area contributed by atoms with Crippen molar-refractivity contribution in [3.8, 4) is 0 Å². The monoisotopic (exact) mass is 240 g/mol. The Hall–Kier alpha value is -1.28. The highest BCUT2D eigenvalue weighted by molar-refractivity contribution is 5.85. The lowest BCUT2D eigenvalue weighted by atomic mass is 9.95. The number of hydrogen-bond donors (Lipinski definition) is 1. The molecule has 0 radical (unpaired) electrons. The molecular weight excluding hydrogens is 224 g/mol. The summed E-state index contributed by atoms with van der Waals surface area (Å²) in [5.41, 5.74) is 1.03. The second-order valence-electron chi connectivity index (χ2n) is 3.88. The molecule has 0 aromatic heterocycles. The molecular formula is C13H17ClO2. The predicted octanol–water partition coefficient (Wildman–Crippen LogP) is 3.48. The highest BCUT2D eigenvalue weighted by Gasteiger charge is 2.17. The first-order chi connectivity index (χ1) is 7.11. The molecule has 0 aliphatic rings. The summed E-state index contributed by atoms with van der Waals surface area (Å²) in [4.78, 5) is 10.9. The summed E-state index contributed by atoms with van der Waals surface area (Å²) in [7, 11) is 0. The fraction of sp³-hybridized carbons (Fsp3) is 0.308. The molecule has 0 aliphatic heterocycles. The third kappa shape index (κ3) is 4.49. The van der Waals surface area contributed by atoms with Gasteiger partial charge >= 0.3 is 5.97 Å². The van der Waals surface area contributed by atoms with E-state index in [4.69, 9.17) is 5.11 Å². The molecule has 1 atom stereocenters. The zero-order valence-corrected chi connectivity index (χ0v) is 10.3. The Morgan fingerprint density at radius 3 is 2.25 bits per heavy atom. The first-order valence-corrected chi connectivity index (χ1v) is 5.07. The van der Waals surface area contributed by atoms with E-state index < -0.39 is 11.9 Å². The number of rotatable bonds is 4. The molecule has 16 heavy (non-hydrogen) atoms. The van der Waals surface area contributed by atoms with Crippen LogP contribution in [0.4, 0.5) is 0 Å². The van der Waals surface area contributed by atoms with E-state index >= 15 is 0 Å². The summed E-state index contributed by atoms with van der Waals surface area (Å²) in [6.45, 7) is 3.82. The Morgan fingerprint density at radius 2 is 1.81 bits per heavy atom. The molecule has 1 N–H and O–H groups in total. The van der Waals surface area contributed by atoms with Gasteiger partial charge in [0.15, 0.2) is 0 Å². The zero-order chi connectivity index (χ0) is 11.3. The average Bonchev–Trinajstić information content (AvgIpc) is 2.18. The molecule has 2 nitrogen and oxygen atoms in total. The van der Waals surface area contributed by atoms with Gasteiger partial charge in [0.25, 0.3) is 0 Å². The van der Waals surface area contributed by atoms with E-state index in [1.54, 1.807) is 6.08 Å². The van der Waals surface area contributed by atoms with Crippen LogP contribution in [0.25, 0.3) is 6.08 Å². The van der Waals surface area contributed by atoms with Gasteiger partial charge in [0.2, 0.25) is 0 Å². The van der Waals surface area contributed by atoms with Crippen LogP contribution in [0.1, 0.15) is 19.4 Å². The molecule has 0 saturated heterocycles. The van der Waals surface area contributed by atoms with Crippen molar-refractivity contribution in [1.82, 2.24) is 0 Å². The highest BCUT2D eigenvalue weighted by Crippen LogP contribution is 2.14. The van der Waals surface area contributed by atoms with Crippen molar-refractivity contribution in [3.63, 3.8) is 0 Å². The minimum Gasteiger partial charge on any atom is -0.481 e. The quantitative estimate of drug-likeness (QED) is 0.875. The first kappa shape index (κ1) is 14.7. The minimum atomic E-state index is -0.766. The fourth-order valence-corrected chi connectivity index (χ4v) is 1.37. The minimum absolute atomic E-state index is 0. The number of carboxylic acids is 1. The van der Waals surface area contributed by atoms with Gasteiger partial charge in [-0.05, 0) is 11.5 Å². The lowest BCUT2D eigenvalue weighted by molar-refractivity contribution is -0.141. The van der Waals surface area contributed by atoms with E-state index in [2.05, 4.69) is 0 Å². The number of carbonyl (C=O) groups is 1. The lowest BCUT2D eigenvalue weighted by Gasteiger charge is -2.10. The number of halogens is 1. The molecule has 0 amide bonds. The standard InChI is InChI=1S/C13H16O2.ClH/c1-10(2)12(13(14)15)9-8-11-6-4-3-5-7-11;/h3-10,12H,1-2H3,(H,14,15);1H. The van der Waals surface area contributed by atoms with Crippen LogP contribution in [0.3, 0.4) is 0 Å². The second-order valence-corrected chi connectivity index (χ2v) is 3.88. The lowest BCUT2D eigenvalue weighted by Crippen LogP contribution is -2.16. The molecule has 88 valence electrons. The van der Waals surface area contributed by atoms with E-state index in [9.17, 15) is 4.79 Å². The van der Waals surface area contributed by atoms with Crippen molar-refractivity contribution in [2.75, 3.05) is 0 Å². The van der Waals surface area contributed by atoms with Gasteiger partial charge in [-0.1, -0.05) is 56.3 Å². The Labute approximate surface area is 102 Å². The van der Waals surface area contributed by atoms with Crippen molar-refractivity contribution in [1.29, 1.82) is 0 Å². The van der Waals surface area contributed by atoms with Crippen molar-refractivity contribution < 1.29 is 9.90 Å². The number of hydrogen-bond acceptors (Lipinski definition) is 1. The number of aliphatic carboxylic acids is 1. The maximum atomic E-state index is 10.9. The molecule has 0 aliphatic carbocycles. The maximum Gasteiger partial charge on any atom is 0.310 e. The Balaban J connectivity index is 0.00000225. The molecule has 0 heterocycles. The normalized spacial score (nSPS) is 12.4. The summed E-state index contributed by atoms with van der Waals surface area (Å²) in [5.74, 6) is -1.06. The van der Waals surface area contributed by atoms with Gasteiger partial charge in [-0.3, -0.25) is 4.79 Å². The third-order valence-corrected chi connectivity index (χ3v) is 2.30. The largest absolute Gasteiger partial charge is 0.481 e. The van der Waals surface area contributed by atoms with Crippen LogP contribution >= 0.6 is 12.4 Å². The number of carboxylic acid groups (broad SMARTS) is 1. The van der Waals surface area contributed by atoms with E-state index in [1.165, 1.54) is 0 Å². The molecule has 0 saturated carbocycles. The average molecular weight is 241 g/mol. The van der Waals surface area contributed by atoms with Crippen molar-refractivity contribution in [2.45, 2.75) is 13.8 Å². The van der Waals surface area contributed by atoms with Crippen LogP contribution in [0, 0.1) is 11.8 Å². The van der Waals surface area contributed by atoms with Crippen LogP contribution in [-0.4, -0.2) is 11.1 Å². The Bertz CT molecular complexity index is 344. The summed E-state index contributed by atoms with van der Waals surface area (Å²) in [6, 6.07) is 9.72. The Kier molecular flexibility index (Phi) is 6.50. The molecule has 1 aromatic rings. The summed E-state index contributed by atoms with van der Waals surface area (Å²) in [6.07, 6.45) is 3.61. The van der Waals surface area contributed by atoms with Crippen LogP contribution in [-0.2, 0) is 4.79 Å². The predicted molar refractivity (Wildman–Crippen MR) is 68.7 cm³/mol.